The molecule has 0 aliphatic carbocycles. The van der Waals surface area contributed by atoms with Crippen molar-refractivity contribution in [3.8, 4) is 5.75 Å². The quantitative estimate of drug-likeness (QED) is 0.802. The number of hydrogen-bond acceptors (Lipinski definition) is 4. The highest BCUT2D eigenvalue weighted by Crippen LogP contribution is 2.22. The maximum absolute atomic E-state index is 12.1. The number of ether oxygens (including phenoxy) is 1. The maximum Gasteiger partial charge on any atom is 0.573 e. The van der Waals surface area contributed by atoms with Gasteiger partial charge in [0, 0.05) is 6.54 Å². The minimum atomic E-state index is -4.73. The summed E-state index contributed by atoms with van der Waals surface area (Å²) in [5, 5.41) is 4.42. The predicted molar refractivity (Wildman–Crippen MR) is 83.0 cm³/mol. The van der Waals surface area contributed by atoms with Crippen molar-refractivity contribution in [3.05, 3.63) is 51.7 Å². The number of carbonyl (C=O) groups is 2. The Morgan fingerprint density at radius 3 is 2.38 bits per heavy atom. The van der Waals surface area contributed by atoms with E-state index in [0.29, 0.717) is 10.4 Å². The van der Waals surface area contributed by atoms with Crippen molar-refractivity contribution in [2.24, 2.45) is 0 Å². The first-order valence-corrected chi connectivity index (χ1v) is 7.80. The van der Waals surface area contributed by atoms with Gasteiger partial charge in [0.2, 0.25) is 5.91 Å². The number of ketones is 1. The summed E-state index contributed by atoms with van der Waals surface area (Å²) in [6.45, 7) is 1.65. The second kappa shape index (κ2) is 7.48. The van der Waals surface area contributed by atoms with Gasteiger partial charge < -0.3 is 10.1 Å². The molecule has 1 N–H and O–H groups in total. The zero-order chi connectivity index (χ0) is 17.7. The monoisotopic (exact) mass is 357 g/mol. The zero-order valence-electron chi connectivity index (χ0n) is 12.6. The van der Waals surface area contributed by atoms with Crippen LogP contribution in [0.25, 0.3) is 0 Å². The van der Waals surface area contributed by atoms with E-state index in [1.165, 1.54) is 42.5 Å². The number of hydrogen-bond donors (Lipinski definition) is 1. The Hall–Kier alpha value is -2.35. The van der Waals surface area contributed by atoms with Crippen molar-refractivity contribution in [3.63, 3.8) is 0 Å². The van der Waals surface area contributed by atoms with E-state index in [4.69, 9.17) is 0 Å². The van der Waals surface area contributed by atoms with Gasteiger partial charge in [0.05, 0.1) is 11.3 Å². The van der Waals surface area contributed by atoms with Crippen molar-refractivity contribution in [2.45, 2.75) is 26.3 Å². The van der Waals surface area contributed by atoms with Crippen molar-refractivity contribution in [1.29, 1.82) is 0 Å². The summed E-state index contributed by atoms with van der Waals surface area (Å²) in [6, 6.07) is 6.94. The Labute approximate surface area is 140 Å². The fourth-order valence-corrected chi connectivity index (χ4v) is 2.73. The molecule has 0 saturated heterocycles. The Morgan fingerprint density at radius 2 is 1.83 bits per heavy atom. The van der Waals surface area contributed by atoms with Crippen molar-refractivity contribution in [2.75, 3.05) is 0 Å². The van der Waals surface area contributed by atoms with Crippen LogP contribution in [0.5, 0.6) is 5.75 Å². The zero-order valence-corrected chi connectivity index (χ0v) is 13.5. The van der Waals surface area contributed by atoms with Gasteiger partial charge in [-0.1, -0.05) is 12.1 Å². The number of amides is 1. The summed E-state index contributed by atoms with van der Waals surface area (Å²) in [4.78, 5) is 23.6. The van der Waals surface area contributed by atoms with Gasteiger partial charge in [-0.2, -0.15) is 0 Å². The molecular formula is C16H14F3NO3S. The van der Waals surface area contributed by atoms with Crippen molar-refractivity contribution in [1.82, 2.24) is 5.32 Å². The lowest BCUT2D eigenvalue weighted by molar-refractivity contribution is -0.274. The predicted octanol–water partition coefficient (Wildman–Crippen LogP) is 3.71. The SMILES string of the molecule is CC(=O)c1cc(CC(=O)NCc2ccc(OC(F)(F)F)cc2)cs1. The average molecular weight is 357 g/mol. The summed E-state index contributed by atoms with van der Waals surface area (Å²) in [5.74, 6) is -0.598. The fourth-order valence-electron chi connectivity index (χ4n) is 1.91. The van der Waals surface area contributed by atoms with E-state index < -0.39 is 6.36 Å². The molecule has 2 rings (SSSR count). The Morgan fingerprint density at radius 1 is 1.17 bits per heavy atom. The summed E-state index contributed by atoms with van der Waals surface area (Å²) in [7, 11) is 0. The first-order chi connectivity index (χ1) is 11.2. The van der Waals surface area contributed by atoms with Gasteiger partial charge in [-0.05, 0) is 41.6 Å². The first kappa shape index (κ1) is 18.0. The minimum Gasteiger partial charge on any atom is -0.406 e. The van der Waals surface area contributed by atoms with E-state index in [1.54, 1.807) is 11.4 Å². The Kier molecular flexibility index (Phi) is 5.61. The van der Waals surface area contributed by atoms with E-state index in [-0.39, 0.29) is 30.4 Å². The largest absolute Gasteiger partial charge is 0.573 e. The molecule has 0 fully saturated rings. The molecule has 1 aromatic heterocycles. The first-order valence-electron chi connectivity index (χ1n) is 6.92. The Balaban J connectivity index is 1.83. The number of benzene rings is 1. The summed E-state index contributed by atoms with van der Waals surface area (Å²) in [5.41, 5.74) is 1.39. The van der Waals surface area contributed by atoms with Crippen LogP contribution >= 0.6 is 11.3 Å². The molecule has 1 heterocycles. The molecule has 2 aromatic rings. The molecule has 1 aromatic carbocycles. The smallest absolute Gasteiger partial charge is 0.406 e. The molecule has 0 saturated carbocycles. The van der Waals surface area contributed by atoms with Gasteiger partial charge in [0.1, 0.15) is 5.75 Å². The van der Waals surface area contributed by atoms with Crippen LogP contribution in [0, 0.1) is 0 Å². The third-order valence-electron chi connectivity index (χ3n) is 3.01. The van der Waals surface area contributed by atoms with Crippen LogP contribution in [-0.4, -0.2) is 18.1 Å². The number of Topliss-reactive ketones (excluding diaryl/α,β-unsaturated/α-hetero) is 1. The highest BCUT2D eigenvalue weighted by atomic mass is 32.1. The van der Waals surface area contributed by atoms with E-state index >= 15 is 0 Å². The second-order valence-electron chi connectivity index (χ2n) is 5.02. The second-order valence-corrected chi connectivity index (χ2v) is 5.93. The highest BCUT2D eigenvalue weighted by Gasteiger charge is 2.30. The lowest BCUT2D eigenvalue weighted by atomic mass is 10.2. The van der Waals surface area contributed by atoms with Gasteiger partial charge >= 0.3 is 6.36 Å². The van der Waals surface area contributed by atoms with Gasteiger partial charge in [0.15, 0.2) is 5.78 Å². The number of thiophene rings is 1. The number of nitrogens with one attached hydrogen (secondary N) is 1. The molecule has 0 radical (unpaired) electrons. The normalized spacial score (nSPS) is 11.2. The standard InChI is InChI=1S/C16H14F3NO3S/c1-10(21)14-6-12(9-24-14)7-15(22)20-8-11-2-4-13(5-3-11)23-16(17,18)19/h2-6,9H,7-8H2,1H3,(H,20,22). The lowest BCUT2D eigenvalue weighted by Gasteiger charge is -2.09. The van der Waals surface area contributed by atoms with Crippen LogP contribution in [0.4, 0.5) is 13.2 Å². The highest BCUT2D eigenvalue weighted by molar-refractivity contribution is 7.12. The fraction of sp³-hybridized carbons (Fsp3) is 0.250. The summed E-state index contributed by atoms with van der Waals surface area (Å²) >= 11 is 1.28. The van der Waals surface area contributed by atoms with Crippen LogP contribution in [0.3, 0.4) is 0 Å². The van der Waals surface area contributed by atoms with E-state index in [1.807, 2.05) is 0 Å². The third-order valence-corrected chi connectivity index (χ3v) is 4.09. The van der Waals surface area contributed by atoms with Crippen molar-refractivity contribution < 1.29 is 27.5 Å². The van der Waals surface area contributed by atoms with Gasteiger partial charge in [-0.25, -0.2) is 0 Å². The molecule has 128 valence electrons. The van der Waals surface area contributed by atoms with Crippen LogP contribution in [0.2, 0.25) is 0 Å². The molecule has 0 aliphatic rings. The molecule has 0 unspecified atom stereocenters. The third kappa shape index (κ3) is 5.69. The van der Waals surface area contributed by atoms with Crippen LogP contribution in [-0.2, 0) is 17.8 Å². The van der Waals surface area contributed by atoms with Crippen LogP contribution in [0.15, 0.2) is 35.7 Å². The van der Waals surface area contributed by atoms with E-state index in [9.17, 15) is 22.8 Å². The van der Waals surface area contributed by atoms with E-state index in [2.05, 4.69) is 10.1 Å². The summed E-state index contributed by atoms with van der Waals surface area (Å²) < 4.78 is 39.9. The van der Waals surface area contributed by atoms with Crippen LogP contribution in [0.1, 0.15) is 27.7 Å². The Bertz CT molecular complexity index is 723. The topological polar surface area (TPSA) is 55.4 Å². The molecule has 1 amide bonds. The lowest BCUT2D eigenvalue weighted by Crippen LogP contribution is -2.24. The molecule has 0 bridgehead atoms. The molecule has 4 nitrogen and oxygen atoms in total. The van der Waals surface area contributed by atoms with Crippen LogP contribution < -0.4 is 10.1 Å². The number of carbonyl (C=O) groups excluding carboxylic acids is 2. The number of halogens is 3. The summed E-state index contributed by atoms with van der Waals surface area (Å²) in [6.07, 6.45) is -4.59. The van der Waals surface area contributed by atoms with Gasteiger partial charge in [-0.3, -0.25) is 9.59 Å². The molecular weight excluding hydrogens is 343 g/mol. The number of rotatable bonds is 6. The molecule has 8 heteroatoms. The number of alkyl halides is 3. The minimum absolute atomic E-state index is 0.0483. The molecule has 0 spiro atoms. The molecule has 0 atom stereocenters. The van der Waals surface area contributed by atoms with Gasteiger partial charge in [-0.15, -0.1) is 24.5 Å². The van der Waals surface area contributed by atoms with Crippen molar-refractivity contribution >= 4 is 23.0 Å². The molecule has 0 aliphatic heterocycles. The van der Waals surface area contributed by atoms with Gasteiger partial charge in [0.25, 0.3) is 0 Å². The average Bonchev–Trinajstić information content (AvgIpc) is 2.93. The molecule has 24 heavy (non-hydrogen) atoms. The van der Waals surface area contributed by atoms with E-state index in [0.717, 1.165) is 5.56 Å². The maximum atomic E-state index is 12.1.